The van der Waals surface area contributed by atoms with Crippen LogP contribution in [-0.4, -0.2) is 18.6 Å². The van der Waals surface area contributed by atoms with Gasteiger partial charge < -0.3 is 0 Å². The van der Waals surface area contributed by atoms with Crippen molar-refractivity contribution < 1.29 is 22.0 Å². The minimum Gasteiger partial charge on any atom is -0.273 e. The Hall–Kier alpha value is -1.99. The molecule has 0 bridgehead atoms. The lowest BCUT2D eigenvalue weighted by Gasteiger charge is -2.15. The fourth-order valence-electron chi connectivity index (χ4n) is 2.42. The Bertz CT molecular complexity index is 915. The topological polar surface area (TPSA) is 54.5 Å². The van der Waals surface area contributed by atoms with E-state index >= 15 is 0 Å². The molecular weight excluding hydrogens is 348 g/mol. The summed E-state index contributed by atoms with van der Waals surface area (Å²) >= 11 is 5.83. The Labute approximate surface area is 136 Å². The maximum Gasteiger partial charge on any atom is 0.267 e. The van der Waals surface area contributed by atoms with E-state index < -0.39 is 27.6 Å². The van der Waals surface area contributed by atoms with Crippen molar-refractivity contribution in [1.82, 2.24) is 4.31 Å². The SMILES string of the molecule is O=C(Cc1ccc(F)c(F)c1)N1Cc2cc(Cl)ccc2S1(=O)=O. The Morgan fingerprint density at radius 1 is 1.13 bits per heavy atom. The Kier molecular flexibility index (Phi) is 3.85. The summed E-state index contributed by atoms with van der Waals surface area (Å²) in [5.41, 5.74) is 0.620. The van der Waals surface area contributed by atoms with Gasteiger partial charge in [0.2, 0.25) is 5.91 Å². The molecular formula is C15H10ClF2NO3S. The van der Waals surface area contributed by atoms with E-state index in [1.54, 1.807) is 0 Å². The third kappa shape index (κ3) is 2.82. The lowest BCUT2D eigenvalue weighted by molar-refractivity contribution is -0.126. The van der Waals surface area contributed by atoms with Gasteiger partial charge in [-0.25, -0.2) is 21.5 Å². The van der Waals surface area contributed by atoms with Crippen LogP contribution < -0.4 is 0 Å². The van der Waals surface area contributed by atoms with Gasteiger partial charge in [0, 0.05) is 5.02 Å². The summed E-state index contributed by atoms with van der Waals surface area (Å²) < 4.78 is 51.6. The second-order valence-corrected chi connectivity index (χ2v) is 7.35. The number of hydrogen-bond donors (Lipinski definition) is 0. The molecule has 0 fully saturated rings. The number of carbonyl (C=O) groups is 1. The van der Waals surface area contributed by atoms with Crippen LogP contribution in [0.2, 0.25) is 5.02 Å². The van der Waals surface area contributed by atoms with Crippen LogP contribution in [0.15, 0.2) is 41.3 Å². The van der Waals surface area contributed by atoms with Crippen LogP contribution in [0.1, 0.15) is 11.1 Å². The summed E-state index contributed by atoms with van der Waals surface area (Å²) in [6.07, 6.45) is -0.349. The molecule has 0 unspecified atom stereocenters. The van der Waals surface area contributed by atoms with Crippen LogP contribution in [0, 0.1) is 11.6 Å². The van der Waals surface area contributed by atoms with Gasteiger partial charge in [-0.3, -0.25) is 4.79 Å². The molecule has 0 atom stereocenters. The monoisotopic (exact) mass is 357 g/mol. The third-order valence-electron chi connectivity index (χ3n) is 3.52. The first-order valence-corrected chi connectivity index (χ1v) is 8.39. The number of amides is 1. The number of sulfonamides is 1. The van der Waals surface area contributed by atoms with Crippen LogP contribution in [-0.2, 0) is 27.8 Å². The molecule has 23 heavy (non-hydrogen) atoms. The summed E-state index contributed by atoms with van der Waals surface area (Å²) in [6.45, 7) is -0.124. The highest BCUT2D eigenvalue weighted by molar-refractivity contribution is 7.90. The molecule has 8 heteroatoms. The standard InChI is InChI=1S/C15H10ClF2NO3S/c16-11-2-4-14-10(7-11)8-19(23(14,21)22)15(20)6-9-1-3-12(17)13(18)5-9/h1-5,7H,6,8H2. The van der Waals surface area contributed by atoms with Crippen molar-refractivity contribution in [3.63, 3.8) is 0 Å². The zero-order valence-corrected chi connectivity index (χ0v) is 13.2. The first-order chi connectivity index (χ1) is 10.8. The second-order valence-electron chi connectivity index (χ2n) is 5.08. The normalized spacial score (nSPS) is 15.5. The van der Waals surface area contributed by atoms with Crippen LogP contribution in [0.4, 0.5) is 8.78 Å². The molecule has 1 aliphatic rings. The summed E-state index contributed by atoms with van der Waals surface area (Å²) in [7, 11) is -3.94. The van der Waals surface area contributed by atoms with Gasteiger partial charge in [0.25, 0.3) is 10.0 Å². The number of hydrogen-bond acceptors (Lipinski definition) is 3. The Balaban J connectivity index is 1.88. The highest BCUT2D eigenvalue weighted by Crippen LogP contribution is 2.32. The maximum absolute atomic E-state index is 13.2. The molecule has 0 spiro atoms. The molecule has 0 radical (unpaired) electrons. The van der Waals surface area contributed by atoms with Crippen molar-refractivity contribution in [2.45, 2.75) is 17.9 Å². The van der Waals surface area contributed by atoms with E-state index in [0.717, 1.165) is 16.4 Å². The minimum atomic E-state index is -3.94. The fourth-order valence-corrected chi connectivity index (χ4v) is 4.18. The molecule has 2 aromatic carbocycles. The van der Waals surface area contributed by atoms with Crippen LogP contribution in [0.3, 0.4) is 0 Å². The Morgan fingerprint density at radius 3 is 2.57 bits per heavy atom. The highest BCUT2D eigenvalue weighted by atomic mass is 35.5. The predicted octanol–water partition coefficient (Wildman–Crippen LogP) is 2.89. The van der Waals surface area contributed by atoms with Crippen molar-refractivity contribution in [1.29, 1.82) is 0 Å². The van der Waals surface area contributed by atoms with Gasteiger partial charge in [0.1, 0.15) is 0 Å². The summed E-state index contributed by atoms with van der Waals surface area (Å²) in [5, 5.41) is 0.369. The largest absolute Gasteiger partial charge is 0.273 e. The molecule has 120 valence electrons. The fraction of sp³-hybridized carbons (Fsp3) is 0.133. The van der Waals surface area contributed by atoms with Crippen molar-refractivity contribution in [3.8, 4) is 0 Å². The van der Waals surface area contributed by atoms with E-state index in [1.165, 1.54) is 24.3 Å². The van der Waals surface area contributed by atoms with E-state index in [0.29, 0.717) is 10.6 Å². The molecule has 1 amide bonds. The maximum atomic E-state index is 13.2. The van der Waals surface area contributed by atoms with Crippen molar-refractivity contribution in [2.75, 3.05) is 0 Å². The Morgan fingerprint density at radius 2 is 1.87 bits per heavy atom. The first kappa shape index (κ1) is 15.9. The van der Waals surface area contributed by atoms with Gasteiger partial charge in [-0.05, 0) is 41.5 Å². The van der Waals surface area contributed by atoms with Gasteiger partial charge in [0.05, 0.1) is 17.9 Å². The first-order valence-electron chi connectivity index (χ1n) is 6.57. The molecule has 2 aromatic rings. The molecule has 0 saturated heterocycles. The zero-order chi connectivity index (χ0) is 16.8. The quantitative estimate of drug-likeness (QED) is 0.830. The number of rotatable bonds is 2. The average Bonchev–Trinajstić information content (AvgIpc) is 2.74. The van der Waals surface area contributed by atoms with Crippen molar-refractivity contribution in [2.24, 2.45) is 0 Å². The van der Waals surface area contributed by atoms with Crippen molar-refractivity contribution >= 4 is 27.5 Å². The smallest absolute Gasteiger partial charge is 0.267 e. The number of fused-ring (bicyclic) bond motifs is 1. The van der Waals surface area contributed by atoms with E-state index in [1.807, 2.05) is 0 Å². The highest BCUT2D eigenvalue weighted by Gasteiger charge is 2.37. The molecule has 0 N–H and O–H groups in total. The van der Waals surface area contributed by atoms with E-state index in [4.69, 9.17) is 11.6 Å². The molecule has 3 rings (SSSR count). The number of nitrogens with zero attached hydrogens (tertiary/aromatic N) is 1. The zero-order valence-electron chi connectivity index (χ0n) is 11.6. The van der Waals surface area contributed by atoms with Crippen LogP contribution in [0.5, 0.6) is 0 Å². The molecule has 1 aliphatic heterocycles. The van der Waals surface area contributed by atoms with Crippen LogP contribution >= 0.6 is 11.6 Å². The molecule has 0 aliphatic carbocycles. The number of halogens is 3. The lowest BCUT2D eigenvalue weighted by Crippen LogP contribution is -2.32. The summed E-state index contributed by atoms with van der Waals surface area (Å²) in [5.74, 6) is -2.84. The van der Waals surface area contributed by atoms with Gasteiger partial charge in [0.15, 0.2) is 11.6 Å². The van der Waals surface area contributed by atoms with Gasteiger partial charge in [-0.15, -0.1) is 0 Å². The van der Waals surface area contributed by atoms with Gasteiger partial charge >= 0.3 is 0 Å². The minimum absolute atomic E-state index is 0.0283. The lowest BCUT2D eigenvalue weighted by atomic mass is 10.1. The molecule has 0 saturated carbocycles. The molecule has 1 heterocycles. The number of benzene rings is 2. The third-order valence-corrected chi connectivity index (χ3v) is 5.62. The summed E-state index contributed by atoms with van der Waals surface area (Å²) in [4.78, 5) is 12.3. The average molecular weight is 358 g/mol. The molecule has 0 aromatic heterocycles. The van der Waals surface area contributed by atoms with Gasteiger partial charge in [-0.1, -0.05) is 17.7 Å². The molecule has 4 nitrogen and oxygen atoms in total. The predicted molar refractivity (Wildman–Crippen MR) is 79.2 cm³/mol. The van der Waals surface area contributed by atoms with E-state index in [2.05, 4.69) is 0 Å². The van der Waals surface area contributed by atoms with Gasteiger partial charge in [-0.2, -0.15) is 0 Å². The van der Waals surface area contributed by atoms with E-state index in [9.17, 15) is 22.0 Å². The second kappa shape index (κ2) is 5.58. The summed E-state index contributed by atoms with van der Waals surface area (Å²) in [6, 6.07) is 7.27. The number of carbonyl (C=O) groups excluding carboxylic acids is 1. The van der Waals surface area contributed by atoms with Crippen LogP contribution in [0.25, 0.3) is 0 Å². The van der Waals surface area contributed by atoms with Crippen molar-refractivity contribution in [3.05, 3.63) is 64.2 Å². The van der Waals surface area contributed by atoms with E-state index in [-0.39, 0.29) is 23.4 Å².